The fourth-order valence-electron chi connectivity index (χ4n) is 5.52. The van der Waals surface area contributed by atoms with E-state index in [0.717, 1.165) is 38.9 Å². The second-order valence-electron chi connectivity index (χ2n) is 8.74. The highest BCUT2D eigenvalue weighted by Gasteiger charge is 2.61. The number of nitrogens with zero attached hydrogens (tertiary/aromatic N) is 3. The lowest BCUT2D eigenvalue weighted by atomic mass is 9.68. The first kappa shape index (κ1) is 15.9. The molecule has 0 radical (unpaired) electrons. The third-order valence-electron chi connectivity index (χ3n) is 7.13. The summed E-state index contributed by atoms with van der Waals surface area (Å²) in [4.78, 5) is 19.8. The van der Waals surface area contributed by atoms with Gasteiger partial charge in [0.2, 0.25) is 5.91 Å². The van der Waals surface area contributed by atoms with Crippen molar-refractivity contribution in [3.05, 3.63) is 30.9 Å². The van der Waals surface area contributed by atoms with Gasteiger partial charge in [-0.05, 0) is 49.4 Å². The Bertz CT molecular complexity index is 648. The SMILES string of the molecule is C=C1C2(C(=O)N3CCCC(Cn4ccnc4)C3)CCC(C2)C1(C)C. The highest BCUT2D eigenvalue weighted by atomic mass is 16.2. The third kappa shape index (κ3) is 2.26. The lowest BCUT2D eigenvalue weighted by Gasteiger charge is -2.42. The highest BCUT2D eigenvalue weighted by molar-refractivity contribution is 5.87. The van der Waals surface area contributed by atoms with Crippen molar-refractivity contribution in [2.45, 2.75) is 52.5 Å². The molecule has 0 N–H and O–H groups in total. The van der Waals surface area contributed by atoms with E-state index in [1.165, 1.54) is 18.4 Å². The first-order valence-corrected chi connectivity index (χ1v) is 9.38. The van der Waals surface area contributed by atoms with Gasteiger partial charge in [-0.2, -0.15) is 0 Å². The summed E-state index contributed by atoms with van der Waals surface area (Å²) in [6.07, 6.45) is 11.3. The van der Waals surface area contributed by atoms with Crippen LogP contribution >= 0.6 is 0 Å². The van der Waals surface area contributed by atoms with Crippen molar-refractivity contribution >= 4 is 5.91 Å². The average Bonchev–Trinajstić information content (AvgIpc) is 3.26. The molecule has 2 heterocycles. The number of imidazole rings is 1. The van der Waals surface area contributed by atoms with Crippen LogP contribution in [0.3, 0.4) is 0 Å². The molecule has 130 valence electrons. The summed E-state index contributed by atoms with van der Waals surface area (Å²) in [6.45, 7) is 11.7. The summed E-state index contributed by atoms with van der Waals surface area (Å²) in [5.74, 6) is 1.55. The Hall–Kier alpha value is -1.58. The van der Waals surface area contributed by atoms with Crippen molar-refractivity contribution in [1.29, 1.82) is 0 Å². The summed E-state index contributed by atoms with van der Waals surface area (Å²) >= 11 is 0. The first-order chi connectivity index (χ1) is 11.4. The van der Waals surface area contributed by atoms with Gasteiger partial charge < -0.3 is 9.47 Å². The molecule has 2 aliphatic carbocycles. The van der Waals surface area contributed by atoms with Crippen molar-refractivity contribution in [2.24, 2.45) is 22.7 Å². The first-order valence-electron chi connectivity index (χ1n) is 9.38. The van der Waals surface area contributed by atoms with Crippen LogP contribution in [0.4, 0.5) is 0 Å². The van der Waals surface area contributed by atoms with E-state index in [1.807, 2.05) is 18.7 Å². The number of likely N-dealkylation sites (tertiary alicyclic amines) is 1. The van der Waals surface area contributed by atoms with Gasteiger partial charge in [-0.25, -0.2) is 4.98 Å². The van der Waals surface area contributed by atoms with Crippen LogP contribution in [0.15, 0.2) is 30.9 Å². The van der Waals surface area contributed by atoms with Gasteiger partial charge in [0, 0.05) is 32.0 Å². The maximum atomic E-state index is 13.5. The Morgan fingerprint density at radius 1 is 1.42 bits per heavy atom. The molecule has 3 unspecified atom stereocenters. The highest BCUT2D eigenvalue weighted by Crippen LogP contribution is 2.66. The minimum atomic E-state index is -0.259. The van der Waals surface area contributed by atoms with Crippen LogP contribution in [0.25, 0.3) is 0 Å². The van der Waals surface area contributed by atoms with E-state index in [2.05, 4.69) is 34.9 Å². The van der Waals surface area contributed by atoms with Gasteiger partial charge in [0.1, 0.15) is 0 Å². The van der Waals surface area contributed by atoms with Gasteiger partial charge in [0.15, 0.2) is 0 Å². The zero-order chi connectivity index (χ0) is 16.9. The molecule has 1 aromatic rings. The molecule has 3 fully saturated rings. The molecule has 24 heavy (non-hydrogen) atoms. The van der Waals surface area contributed by atoms with E-state index in [4.69, 9.17) is 0 Å². The number of fused-ring (bicyclic) bond motifs is 2. The van der Waals surface area contributed by atoms with E-state index < -0.39 is 0 Å². The number of aromatic nitrogens is 2. The van der Waals surface area contributed by atoms with Gasteiger partial charge in [-0.15, -0.1) is 0 Å². The Balaban J connectivity index is 1.49. The number of carbonyl (C=O) groups excluding carboxylic acids is 1. The number of hydrogen-bond donors (Lipinski definition) is 0. The molecular weight excluding hydrogens is 298 g/mol. The predicted octanol–water partition coefficient (Wildman–Crippen LogP) is 3.50. The van der Waals surface area contributed by atoms with Crippen molar-refractivity contribution in [3.63, 3.8) is 0 Å². The third-order valence-corrected chi connectivity index (χ3v) is 7.13. The molecule has 4 nitrogen and oxygen atoms in total. The fourth-order valence-corrected chi connectivity index (χ4v) is 5.52. The van der Waals surface area contributed by atoms with Gasteiger partial charge in [0.05, 0.1) is 11.7 Å². The van der Waals surface area contributed by atoms with Crippen molar-refractivity contribution in [3.8, 4) is 0 Å². The number of amides is 1. The molecule has 4 heteroatoms. The number of piperidine rings is 1. The molecule has 0 spiro atoms. The maximum Gasteiger partial charge on any atom is 0.232 e. The van der Waals surface area contributed by atoms with E-state index in [1.54, 1.807) is 0 Å². The van der Waals surface area contributed by atoms with Crippen molar-refractivity contribution in [2.75, 3.05) is 13.1 Å². The Morgan fingerprint density at radius 2 is 2.25 bits per heavy atom. The summed E-state index contributed by atoms with van der Waals surface area (Å²) in [6, 6.07) is 0. The Morgan fingerprint density at radius 3 is 2.92 bits per heavy atom. The molecular formula is C20H29N3O. The second-order valence-corrected chi connectivity index (χ2v) is 8.74. The van der Waals surface area contributed by atoms with Crippen LogP contribution < -0.4 is 0 Å². The molecule has 3 atom stereocenters. The van der Waals surface area contributed by atoms with Crippen LogP contribution in [-0.4, -0.2) is 33.4 Å². The van der Waals surface area contributed by atoms with E-state index in [9.17, 15) is 4.79 Å². The Kier molecular flexibility index (Phi) is 3.63. The summed E-state index contributed by atoms with van der Waals surface area (Å²) < 4.78 is 2.14. The normalized spacial score (nSPS) is 34.8. The predicted molar refractivity (Wildman–Crippen MR) is 94.2 cm³/mol. The lowest BCUT2D eigenvalue weighted by molar-refractivity contribution is -0.141. The summed E-state index contributed by atoms with van der Waals surface area (Å²) in [5.41, 5.74) is 1.07. The van der Waals surface area contributed by atoms with Crippen LogP contribution in [0.5, 0.6) is 0 Å². The van der Waals surface area contributed by atoms with Gasteiger partial charge >= 0.3 is 0 Å². The largest absolute Gasteiger partial charge is 0.342 e. The standard InChI is InChI=1S/C20H29N3O/c1-15-19(2,3)17-6-7-20(15,11-17)18(24)23-9-4-5-16(13-23)12-22-10-8-21-14-22/h8,10,14,16-17H,1,4-7,9,11-13H2,2-3H3. The number of hydrogen-bond acceptors (Lipinski definition) is 2. The quantitative estimate of drug-likeness (QED) is 0.797. The molecule has 1 aliphatic heterocycles. The number of rotatable bonds is 3. The topological polar surface area (TPSA) is 38.1 Å². The summed E-state index contributed by atoms with van der Waals surface area (Å²) in [7, 11) is 0. The molecule has 1 saturated heterocycles. The average molecular weight is 327 g/mol. The molecule has 2 bridgehead atoms. The molecule has 0 aromatic carbocycles. The molecule has 4 rings (SSSR count). The number of carbonyl (C=O) groups is 1. The van der Waals surface area contributed by atoms with E-state index in [0.29, 0.717) is 17.7 Å². The molecule has 1 amide bonds. The van der Waals surface area contributed by atoms with Crippen LogP contribution in [0, 0.1) is 22.7 Å². The van der Waals surface area contributed by atoms with Gasteiger partial charge in [-0.3, -0.25) is 4.79 Å². The van der Waals surface area contributed by atoms with Gasteiger partial charge in [-0.1, -0.05) is 26.0 Å². The molecule has 1 aromatic heterocycles. The smallest absolute Gasteiger partial charge is 0.232 e. The second kappa shape index (κ2) is 5.47. The zero-order valence-electron chi connectivity index (χ0n) is 15.0. The minimum absolute atomic E-state index is 0.125. The molecule has 2 saturated carbocycles. The van der Waals surface area contributed by atoms with E-state index in [-0.39, 0.29) is 10.8 Å². The minimum Gasteiger partial charge on any atom is -0.342 e. The summed E-state index contributed by atoms with van der Waals surface area (Å²) in [5, 5.41) is 0. The van der Waals surface area contributed by atoms with Crippen molar-refractivity contribution < 1.29 is 4.79 Å². The molecule has 3 aliphatic rings. The Labute approximate surface area is 144 Å². The lowest BCUT2D eigenvalue weighted by Crippen LogP contribution is -2.48. The zero-order valence-corrected chi connectivity index (χ0v) is 15.0. The van der Waals surface area contributed by atoms with E-state index >= 15 is 0 Å². The van der Waals surface area contributed by atoms with Crippen LogP contribution in [0.2, 0.25) is 0 Å². The maximum absolute atomic E-state index is 13.5. The van der Waals surface area contributed by atoms with Gasteiger partial charge in [0.25, 0.3) is 0 Å². The van der Waals surface area contributed by atoms with Crippen LogP contribution in [-0.2, 0) is 11.3 Å². The fraction of sp³-hybridized carbons (Fsp3) is 0.700. The monoisotopic (exact) mass is 327 g/mol. The van der Waals surface area contributed by atoms with Crippen LogP contribution in [0.1, 0.15) is 46.0 Å². The van der Waals surface area contributed by atoms with Crippen molar-refractivity contribution in [1.82, 2.24) is 14.5 Å².